The quantitative estimate of drug-likeness (QED) is 0.611. The number of urea groups is 1. The predicted molar refractivity (Wildman–Crippen MR) is 62.2 cm³/mol. The standard InChI is InChI=1S/C11H18N2O5/c1-2-13(6-7-3-4-7)11(18)12-8(10(16)17)5-9(14)15/h7-8H,2-6H2,1H3,(H,12,18)(H,14,15)(H,16,17)/t8-/m0/s1. The normalized spacial score (nSPS) is 15.8. The Morgan fingerprint density at radius 2 is 1.94 bits per heavy atom. The lowest BCUT2D eigenvalue weighted by Crippen LogP contribution is -2.49. The van der Waals surface area contributed by atoms with Crippen LogP contribution in [0.4, 0.5) is 4.79 Å². The Labute approximate surface area is 105 Å². The van der Waals surface area contributed by atoms with Gasteiger partial charge in [-0.1, -0.05) is 0 Å². The van der Waals surface area contributed by atoms with Crippen molar-refractivity contribution in [2.75, 3.05) is 13.1 Å². The molecule has 0 aliphatic heterocycles. The van der Waals surface area contributed by atoms with E-state index < -0.39 is 30.4 Å². The van der Waals surface area contributed by atoms with Crippen LogP contribution in [0.2, 0.25) is 0 Å². The Balaban J connectivity index is 2.51. The number of hydrogen-bond donors (Lipinski definition) is 3. The van der Waals surface area contributed by atoms with Gasteiger partial charge in [0.2, 0.25) is 0 Å². The maximum absolute atomic E-state index is 11.8. The van der Waals surface area contributed by atoms with Gasteiger partial charge in [0.15, 0.2) is 0 Å². The number of carboxylic acid groups (broad SMARTS) is 2. The molecule has 3 N–H and O–H groups in total. The summed E-state index contributed by atoms with van der Waals surface area (Å²) < 4.78 is 0. The third kappa shape index (κ3) is 4.60. The van der Waals surface area contributed by atoms with Crippen molar-refractivity contribution < 1.29 is 24.6 Å². The molecule has 1 fully saturated rings. The van der Waals surface area contributed by atoms with Crippen LogP contribution in [-0.2, 0) is 9.59 Å². The van der Waals surface area contributed by atoms with Crippen LogP contribution in [0, 0.1) is 5.92 Å². The third-order valence-electron chi connectivity index (χ3n) is 2.82. The van der Waals surface area contributed by atoms with Gasteiger partial charge < -0.3 is 20.4 Å². The van der Waals surface area contributed by atoms with Gasteiger partial charge in [0.05, 0.1) is 6.42 Å². The highest BCUT2D eigenvalue weighted by molar-refractivity contribution is 5.86. The van der Waals surface area contributed by atoms with E-state index in [0.717, 1.165) is 12.8 Å². The number of aliphatic carboxylic acids is 2. The molecule has 0 radical (unpaired) electrons. The Morgan fingerprint density at radius 1 is 1.33 bits per heavy atom. The molecule has 0 aromatic carbocycles. The molecule has 1 aliphatic carbocycles. The largest absolute Gasteiger partial charge is 0.481 e. The van der Waals surface area contributed by atoms with E-state index in [-0.39, 0.29) is 0 Å². The van der Waals surface area contributed by atoms with Gasteiger partial charge in [0, 0.05) is 13.1 Å². The van der Waals surface area contributed by atoms with Crippen molar-refractivity contribution >= 4 is 18.0 Å². The first-order chi connectivity index (χ1) is 8.43. The van der Waals surface area contributed by atoms with Crippen LogP contribution in [-0.4, -0.2) is 52.2 Å². The summed E-state index contributed by atoms with van der Waals surface area (Å²) in [5.74, 6) is -2.10. The van der Waals surface area contributed by atoms with Crippen molar-refractivity contribution in [1.82, 2.24) is 10.2 Å². The summed E-state index contributed by atoms with van der Waals surface area (Å²) in [7, 11) is 0. The molecule has 0 unspecified atom stereocenters. The van der Waals surface area contributed by atoms with Crippen LogP contribution in [0.3, 0.4) is 0 Å². The van der Waals surface area contributed by atoms with Crippen LogP contribution in [0.25, 0.3) is 0 Å². The van der Waals surface area contributed by atoms with Gasteiger partial charge in [-0.05, 0) is 25.7 Å². The van der Waals surface area contributed by atoms with Crippen LogP contribution in [0.1, 0.15) is 26.2 Å². The molecule has 7 heteroatoms. The predicted octanol–water partition coefficient (Wildman–Crippen LogP) is 0.356. The lowest BCUT2D eigenvalue weighted by Gasteiger charge is -2.23. The van der Waals surface area contributed by atoms with E-state index in [1.165, 1.54) is 4.90 Å². The first kappa shape index (κ1) is 14.3. The number of carboxylic acids is 2. The molecule has 1 atom stereocenters. The summed E-state index contributed by atoms with van der Waals surface area (Å²) >= 11 is 0. The molecule has 102 valence electrons. The Kier molecular flexibility index (Phi) is 4.94. The van der Waals surface area contributed by atoms with Crippen molar-refractivity contribution in [3.63, 3.8) is 0 Å². The van der Waals surface area contributed by atoms with Gasteiger partial charge in [-0.25, -0.2) is 9.59 Å². The summed E-state index contributed by atoms with van der Waals surface area (Å²) in [6.45, 7) is 2.87. The topological polar surface area (TPSA) is 107 Å². The van der Waals surface area contributed by atoms with Gasteiger partial charge >= 0.3 is 18.0 Å². The minimum atomic E-state index is -1.39. The van der Waals surface area contributed by atoms with Crippen LogP contribution in [0.5, 0.6) is 0 Å². The summed E-state index contributed by atoms with van der Waals surface area (Å²) in [5, 5.41) is 19.6. The Hall–Kier alpha value is -1.79. The van der Waals surface area contributed by atoms with E-state index in [2.05, 4.69) is 5.32 Å². The SMILES string of the molecule is CCN(CC1CC1)C(=O)N[C@@H](CC(=O)O)C(=O)O. The summed E-state index contributed by atoms with van der Waals surface area (Å²) in [6, 6.07) is -1.90. The first-order valence-corrected chi connectivity index (χ1v) is 5.94. The van der Waals surface area contributed by atoms with Gasteiger partial charge in [-0.15, -0.1) is 0 Å². The fraction of sp³-hybridized carbons (Fsp3) is 0.727. The second kappa shape index (κ2) is 6.23. The number of carbonyl (C=O) groups excluding carboxylic acids is 1. The highest BCUT2D eigenvalue weighted by Gasteiger charge is 2.29. The maximum Gasteiger partial charge on any atom is 0.326 e. The molecule has 0 saturated heterocycles. The number of hydrogen-bond acceptors (Lipinski definition) is 3. The Bertz CT molecular complexity index is 340. The molecule has 2 amide bonds. The molecule has 18 heavy (non-hydrogen) atoms. The third-order valence-corrected chi connectivity index (χ3v) is 2.82. The highest BCUT2D eigenvalue weighted by Crippen LogP contribution is 2.29. The van der Waals surface area contributed by atoms with Gasteiger partial charge in [-0.3, -0.25) is 4.79 Å². The number of nitrogens with one attached hydrogen (secondary N) is 1. The minimum Gasteiger partial charge on any atom is -0.481 e. The fourth-order valence-electron chi connectivity index (χ4n) is 1.58. The molecule has 1 saturated carbocycles. The van der Waals surface area contributed by atoms with E-state index in [4.69, 9.17) is 10.2 Å². The summed E-state index contributed by atoms with van der Waals surface area (Å²) in [4.78, 5) is 34.6. The van der Waals surface area contributed by atoms with Gasteiger partial charge in [-0.2, -0.15) is 0 Å². The van der Waals surface area contributed by atoms with Crippen molar-refractivity contribution in [2.24, 2.45) is 5.92 Å². The van der Waals surface area contributed by atoms with E-state index in [1.807, 2.05) is 0 Å². The molecular formula is C11H18N2O5. The number of rotatable bonds is 7. The highest BCUT2D eigenvalue weighted by atomic mass is 16.4. The summed E-state index contributed by atoms with van der Waals surface area (Å²) in [6.07, 6.45) is 1.55. The van der Waals surface area contributed by atoms with Crippen LogP contribution in [0.15, 0.2) is 0 Å². The first-order valence-electron chi connectivity index (χ1n) is 5.94. The fourth-order valence-corrected chi connectivity index (χ4v) is 1.58. The van der Waals surface area contributed by atoms with Crippen molar-refractivity contribution in [2.45, 2.75) is 32.2 Å². The van der Waals surface area contributed by atoms with E-state index in [9.17, 15) is 14.4 Å². The molecule has 0 aromatic heterocycles. The van der Waals surface area contributed by atoms with Crippen molar-refractivity contribution in [3.8, 4) is 0 Å². The molecule has 0 aromatic rings. The van der Waals surface area contributed by atoms with E-state index in [0.29, 0.717) is 19.0 Å². The molecule has 0 bridgehead atoms. The number of carbonyl (C=O) groups is 3. The van der Waals surface area contributed by atoms with E-state index >= 15 is 0 Å². The monoisotopic (exact) mass is 258 g/mol. The van der Waals surface area contributed by atoms with Crippen LogP contribution >= 0.6 is 0 Å². The lowest BCUT2D eigenvalue weighted by atomic mass is 10.2. The smallest absolute Gasteiger partial charge is 0.326 e. The molecule has 7 nitrogen and oxygen atoms in total. The Morgan fingerprint density at radius 3 is 2.33 bits per heavy atom. The zero-order valence-corrected chi connectivity index (χ0v) is 10.3. The second-order valence-corrected chi connectivity index (χ2v) is 4.42. The molecular weight excluding hydrogens is 240 g/mol. The number of amides is 2. The molecule has 0 heterocycles. The lowest BCUT2D eigenvalue weighted by molar-refractivity contribution is -0.145. The molecule has 1 rings (SSSR count). The maximum atomic E-state index is 11.8. The van der Waals surface area contributed by atoms with E-state index in [1.54, 1.807) is 6.92 Å². The second-order valence-electron chi connectivity index (χ2n) is 4.42. The van der Waals surface area contributed by atoms with Crippen LogP contribution < -0.4 is 5.32 Å². The van der Waals surface area contributed by atoms with Crippen molar-refractivity contribution in [3.05, 3.63) is 0 Å². The molecule has 0 spiro atoms. The zero-order valence-electron chi connectivity index (χ0n) is 10.3. The minimum absolute atomic E-state index is 0.474. The number of nitrogens with zero attached hydrogens (tertiary/aromatic N) is 1. The summed E-state index contributed by atoms with van der Waals surface area (Å²) in [5.41, 5.74) is 0. The zero-order chi connectivity index (χ0) is 13.7. The van der Waals surface area contributed by atoms with Gasteiger partial charge in [0.25, 0.3) is 0 Å². The van der Waals surface area contributed by atoms with Gasteiger partial charge in [0.1, 0.15) is 6.04 Å². The average molecular weight is 258 g/mol. The average Bonchev–Trinajstić information content (AvgIpc) is 3.07. The molecule has 1 aliphatic rings. The van der Waals surface area contributed by atoms with Crippen molar-refractivity contribution in [1.29, 1.82) is 0 Å².